The van der Waals surface area contributed by atoms with Crippen molar-refractivity contribution in [3.05, 3.63) is 42.4 Å². The zero-order valence-electron chi connectivity index (χ0n) is 16.2. The highest BCUT2D eigenvalue weighted by atomic mass is 127. The number of guanidine groups is 1. The second-order valence-electron chi connectivity index (χ2n) is 6.39. The number of halogens is 1. The molecule has 0 bridgehead atoms. The van der Waals surface area contributed by atoms with Crippen LogP contribution in [0.15, 0.2) is 41.8 Å². The van der Waals surface area contributed by atoms with Crippen molar-refractivity contribution < 1.29 is 9.53 Å². The number of aliphatic imine (C=N–C) groups is 1. The predicted octanol–water partition coefficient (Wildman–Crippen LogP) is 2.24. The van der Waals surface area contributed by atoms with E-state index in [1.807, 2.05) is 31.3 Å². The van der Waals surface area contributed by atoms with Gasteiger partial charge in [0.05, 0.1) is 12.5 Å². The molecule has 1 saturated heterocycles. The summed E-state index contributed by atoms with van der Waals surface area (Å²) in [5.74, 6) is 1.54. The summed E-state index contributed by atoms with van der Waals surface area (Å²) in [7, 11) is 1.78. The number of likely N-dealkylation sites (tertiary alicyclic amines) is 1. The molecule has 0 amide bonds. The molecule has 2 aromatic rings. The van der Waals surface area contributed by atoms with Gasteiger partial charge >= 0.3 is 5.97 Å². The first-order valence-corrected chi connectivity index (χ1v) is 9.28. The molecular weight excluding hydrogens is 471 g/mol. The standard InChI is InChI=1S/C19H26N6O2.HI/c1-3-27-18(26)16-6-11-24(12-7-16)19(20-2)22-14-15-5-9-21-17(13-15)25-10-4-8-23-25;/h4-5,8-10,13,16H,3,6-7,11-12,14H2,1-2H3,(H,20,22);1H. The lowest BCUT2D eigenvalue weighted by atomic mass is 9.97. The zero-order valence-corrected chi connectivity index (χ0v) is 18.6. The molecule has 8 nitrogen and oxygen atoms in total. The third kappa shape index (κ3) is 5.66. The van der Waals surface area contributed by atoms with Gasteiger partial charge in [-0.1, -0.05) is 0 Å². The van der Waals surface area contributed by atoms with Crippen molar-refractivity contribution in [1.82, 2.24) is 25.0 Å². The quantitative estimate of drug-likeness (QED) is 0.295. The topological polar surface area (TPSA) is 84.6 Å². The van der Waals surface area contributed by atoms with Gasteiger partial charge in [-0.2, -0.15) is 5.10 Å². The van der Waals surface area contributed by atoms with Crippen LogP contribution in [-0.2, 0) is 16.1 Å². The third-order valence-electron chi connectivity index (χ3n) is 4.63. The number of carbonyl (C=O) groups is 1. The molecule has 1 N–H and O–H groups in total. The minimum atomic E-state index is -0.0805. The maximum atomic E-state index is 11.9. The largest absolute Gasteiger partial charge is 0.466 e. The SMILES string of the molecule is CCOC(=O)C1CCN(C(=NC)NCc2ccnc(-n3cccn3)c2)CC1.I. The van der Waals surface area contributed by atoms with E-state index in [9.17, 15) is 4.79 Å². The highest BCUT2D eigenvalue weighted by Gasteiger charge is 2.27. The molecule has 152 valence electrons. The van der Waals surface area contributed by atoms with Crippen LogP contribution in [0.5, 0.6) is 0 Å². The van der Waals surface area contributed by atoms with Gasteiger partial charge in [-0.25, -0.2) is 9.67 Å². The van der Waals surface area contributed by atoms with E-state index in [2.05, 4.69) is 25.3 Å². The first-order valence-electron chi connectivity index (χ1n) is 9.28. The Labute approximate surface area is 182 Å². The fourth-order valence-electron chi connectivity index (χ4n) is 3.20. The highest BCUT2D eigenvalue weighted by Crippen LogP contribution is 2.19. The molecule has 9 heteroatoms. The molecule has 3 heterocycles. The molecule has 28 heavy (non-hydrogen) atoms. The monoisotopic (exact) mass is 498 g/mol. The number of nitrogens with zero attached hydrogens (tertiary/aromatic N) is 5. The number of ether oxygens (including phenoxy) is 1. The molecule has 0 aromatic carbocycles. The van der Waals surface area contributed by atoms with Crippen LogP contribution in [0.3, 0.4) is 0 Å². The number of carbonyl (C=O) groups excluding carboxylic acids is 1. The lowest BCUT2D eigenvalue weighted by molar-refractivity contribution is -0.149. The summed E-state index contributed by atoms with van der Waals surface area (Å²) < 4.78 is 6.87. The Morgan fingerprint density at radius 3 is 2.79 bits per heavy atom. The van der Waals surface area contributed by atoms with Crippen LogP contribution in [-0.4, -0.2) is 58.3 Å². The summed E-state index contributed by atoms with van der Waals surface area (Å²) >= 11 is 0. The van der Waals surface area contributed by atoms with E-state index in [1.165, 1.54) is 0 Å². The van der Waals surface area contributed by atoms with Crippen molar-refractivity contribution in [2.45, 2.75) is 26.3 Å². The van der Waals surface area contributed by atoms with Crippen LogP contribution in [0.4, 0.5) is 0 Å². The molecule has 0 spiro atoms. The summed E-state index contributed by atoms with van der Waals surface area (Å²) in [6.07, 6.45) is 6.96. The number of rotatable bonds is 5. The Morgan fingerprint density at radius 1 is 1.36 bits per heavy atom. The van der Waals surface area contributed by atoms with Crippen molar-refractivity contribution in [2.24, 2.45) is 10.9 Å². The van der Waals surface area contributed by atoms with E-state index >= 15 is 0 Å². The van der Waals surface area contributed by atoms with Gasteiger partial charge in [0.1, 0.15) is 0 Å². The zero-order chi connectivity index (χ0) is 19.1. The van der Waals surface area contributed by atoms with Gasteiger partial charge in [0.2, 0.25) is 0 Å². The van der Waals surface area contributed by atoms with Gasteiger partial charge in [-0.05, 0) is 43.5 Å². The summed E-state index contributed by atoms with van der Waals surface area (Å²) in [6, 6.07) is 5.84. The van der Waals surface area contributed by atoms with E-state index in [0.29, 0.717) is 13.2 Å². The molecular formula is C19H27IN6O2. The number of piperidine rings is 1. The molecule has 1 aliphatic rings. The number of pyridine rings is 1. The van der Waals surface area contributed by atoms with E-state index in [0.717, 1.165) is 43.3 Å². The van der Waals surface area contributed by atoms with Gasteiger partial charge in [-0.15, -0.1) is 24.0 Å². The number of esters is 1. The fraction of sp³-hybridized carbons (Fsp3) is 0.474. The van der Waals surface area contributed by atoms with Crippen LogP contribution >= 0.6 is 24.0 Å². The van der Waals surface area contributed by atoms with E-state index in [-0.39, 0.29) is 35.9 Å². The van der Waals surface area contributed by atoms with Crippen LogP contribution < -0.4 is 5.32 Å². The van der Waals surface area contributed by atoms with Crippen LogP contribution in [0.1, 0.15) is 25.3 Å². The Balaban J connectivity index is 0.00000280. The molecule has 3 rings (SSSR count). The molecule has 1 fully saturated rings. The molecule has 0 aliphatic carbocycles. The van der Waals surface area contributed by atoms with Gasteiger partial charge in [0, 0.05) is 45.3 Å². The molecule has 0 unspecified atom stereocenters. The molecule has 2 aromatic heterocycles. The summed E-state index contributed by atoms with van der Waals surface area (Å²) in [4.78, 5) is 22.8. The second-order valence-corrected chi connectivity index (χ2v) is 6.39. The lowest BCUT2D eigenvalue weighted by Crippen LogP contribution is -2.46. The normalized spacial score (nSPS) is 15.1. The maximum absolute atomic E-state index is 11.9. The smallest absolute Gasteiger partial charge is 0.309 e. The molecule has 0 saturated carbocycles. The minimum absolute atomic E-state index is 0. The summed E-state index contributed by atoms with van der Waals surface area (Å²) in [5, 5.41) is 7.61. The summed E-state index contributed by atoms with van der Waals surface area (Å²) in [5.41, 5.74) is 1.10. The first-order chi connectivity index (χ1) is 13.2. The van der Waals surface area contributed by atoms with Crippen molar-refractivity contribution in [3.63, 3.8) is 0 Å². The van der Waals surface area contributed by atoms with Crippen LogP contribution in [0, 0.1) is 5.92 Å². The van der Waals surface area contributed by atoms with Crippen molar-refractivity contribution in [1.29, 1.82) is 0 Å². The molecule has 0 radical (unpaired) electrons. The Kier molecular flexibility index (Phi) is 8.68. The van der Waals surface area contributed by atoms with Crippen LogP contribution in [0.25, 0.3) is 5.82 Å². The average Bonchev–Trinajstić information content (AvgIpc) is 3.24. The lowest BCUT2D eigenvalue weighted by Gasteiger charge is -2.33. The van der Waals surface area contributed by atoms with E-state index in [4.69, 9.17) is 4.74 Å². The van der Waals surface area contributed by atoms with Gasteiger partial charge in [0.15, 0.2) is 11.8 Å². The number of aromatic nitrogens is 3. The maximum Gasteiger partial charge on any atom is 0.309 e. The Hall–Kier alpha value is -2.17. The number of nitrogens with one attached hydrogen (secondary N) is 1. The second kappa shape index (κ2) is 11.0. The average molecular weight is 498 g/mol. The Morgan fingerprint density at radius 2 is 2.14 bits per heavy atom. The van der Waals surface area contributed by atoms with Crippen molar-refractivity contribution >= 4 is 35.9 Å². The number of hydrogen-bond acceptors (Lipinski definition) is 5. The van der Waals surface area contributed by atoms with E-state index < -0.39 is 0 Å². The predicted molar refractivity (Wildman–Crippen MR) is 118 cm³/mol. The Bertz CT molecular complexity index is 772. The van der Waals surface area contributed by atoms with Gasteiger partial charge in [0.25, 0.3) is 0 Å². The van der Waals surface area contributed by atoms with Gasteiger partial charge < -0.3 is 15.0 Å². The minimum Gasteiger partial charge on any atom is -0.466 e. The molecule has 1 aliphatic heterocycles. The summed E-state index contributed by atoms with van der Waals surface area (Å²) in [6.45, 7) is 4.50. The third-order valence-corrected chi connectivity index (χ3v) is 4.63. The van der Waals surface area contributed by atoms with Gasteiger partial charge in [-0.3, -0.25) is 9.79 Å². The highest BCUT2D eigenvalue weighted by molar-refractivity contribution is 14.0. The van der Waals surface area contributed by atoms with Crippen molar-refractivity contribution in [2.75, 3.05) is 26.7 Å². The molecule has 0 atom stereocenters. The van der Waals surface area contributed by atoms with Crippen molar-refractivity contribution in [3.8, 4) is 5.82 Å². The number of hydrogen-bond donors (Lipinski definition) is 1. The first kappa shape index (κ1) is 22.1. The van der Waals surface area contributed by atoms with E-state index in [1.54, 1.807) is 24.1 Å². The van der Waals surface area contributed by atoms with Crippen LogP contribution in [0.2, 0.25) is 0 Å². The fourth-order valence-corrected chi connectivity index (χ4v) is 3.20.